The van der Waals surface area contributed by atoms with Gasteiger partial charge < -0.3 is 15.0 Å². The topological polar surface area (TPSA) is 71.3 Å². The molecule has 5 heteroatoms. The number of nitrogens with one attached hydrogen (secondary N) is 1. The molecule has 0 aliphatic heterocycles. The molecule has 0 aliphatic carbocycles. The van der Waals surface area contributed by atoms with E-state index in [1.165, 1.54) is 0 Å². The molecule has 1 aromatic carbocycles. The molecule has 0 bridgehead atoms. The standard InChI is InChI=1S/C14H16N2O3/c1-9(7-13(17)18)15-14(19)11-4-3-10-5-6-16(2)12(10)8-11/h3-6,8-9H,7H2,1-2H3,(H,15,19)(H,17,18). The summed E-state index contributed by atoms with van der Waals surface area (Å²) in [4.78, 5) is 22.6. The lowest BCUT2D eigenvalue weighted by atomic mass is 10.1. The molecule has 100 valence electrons. The molecule has 0 spiro atoms. The van der Waals surface area contributed by atoms with Gasteiger partial charge in [-0.15, -0.1) is 0 Å². The van der Waals surface area contributed by atoms with Crippen LogP contribution in [-0.2, 0) is 11.8 Å². The highest BCUT2D eigenvalue weighted by Crippen LogP contribution is 2.16. The third-order valence-electron chi connectivity index (χ3n) is 3.01. The summed E-state index contributed by atoms with van der Waals surface area (Å²) in [5.41, 5.74) is 1.50. The zero-order valence-corrected chi connectivity index (χ0v) is 10.9. The molecular formula is C14H16N2O3. The molecule has 0 fully saturated rings. The molecule has 0 radical (unpaired) electrons. The molecular weight excluding hydrogens is 244 g/mol. The van der Waals surface area contributed by atoms with Crippen molar-refractivity contribution < 1.29 is 14.7 Å². The van der Waals surface area contributed by atoms with Crippen molar-refractivity contribution in [2.24, 2.45) is 7.05 Å². The summed E-state index contributed by atoms with van der Waals surface area (Å²) in [6.07, 6.45) is 1.84. The number of carboxylic acid groups (broad SMARTS) is 1. The fraction of sp³-hybridized carbons (Fsp3) is 0.286. The Kier molecular flexibility index (Phi) is 3.55. The van der Waals surface area contributed by atoms with Crippen molar-refractivity contribution in [2.75, 3.05) is 0 Å². The van der Waals surface area contributed by atoms with Gasteiger partial charge in [0.05, 0.1) is 6.42 Å². The fourth-order valence-electron chi connectivity index (χ4n) is 2.02. The van der Waals surface area contributed by atoms with Crippen molar-refractivity contribution in [1.29, 1.82) is 0 Å². The smallest absolute Gasteiger partial charge is 0.305 e. The summed E-state index contributed by atoms with van der Waals surface area (Å²) in [6.45, 7) is 1.67. The highest BCUT2D eigenvalue weighted by Gasteiger charge is 2.13. The number of amides is 1. The first-order chi connectivity index (χ1) is 8.97. The van der Waals surface area contributed by atoms with Crippen LogP contribution in [0.4, 0.5) is 0 Å². The maximum Gasteiger partial charge on any atom is 0.305 e. The number of nitrogens with zero attached hydrogens (tertiary/aromatic N) is 1. The van der Waals surface area contributed by atoms with Crippen molar-refractivity contribution in [3.63, 3.8) is 0 Å². The van der Waals surface area contributed by atoms with E-state index in [4.69, 9.17) is 5.11 Å². The third kappa shape index (κ3) is 2.93. The highest BCUT2D eigenvalue weighted by atomic mass is 16.4. The average Bonchev–Trinajstić information content (AvgIpc) is 2.69. The number of aliphatic carboxylic acids is 1. The number of aryl methyl sites for hydroxylation is 1. The van der Waals surface area contributed by atoms with E-state index >= 15 is 0 Å². The fourth-order valence-corrected chi connectivity index (χ4v) is 2.02. The normalized spacial score (nSPS) is 12.3. The Balaban J connectivity index is 2.17. The molecule has 2 rings (SSSR count). The minimum atomic E-state index is -0.925. The molecule has 1 amide bonds. The predicted molar refractivity (Wildman–Crippen MR) is 72.1 cm³/mol. The summed E-state index contributed by atoms with van der Waals surface area (Å²) in [6, 6.07) is 7.01. The van der Waals surface area contributed by atoms with Gasteiger partial charge in [-0.25, -0.2) is 0 Å². The van der Waals surface area contributed by atoms with Crippen molar-refractivity contribution in [3.05, 3.63) is 36.0 Å². The second-order valence-corrected chi connectivity index (χ2v) is 4.67. The van der Waals surface area contributed by atoms with Crippen LogP contribution in [0.2, 0.25) is 0 Å². The van der Waals surface area contributed by atoms with Crippen molar-refractivity contribution in [1.82, 2.24) is 9.88 Å². The lowest BCUT2D eigenvalue weighted by Gasteiger charge is -2.11. The monoisotopic (exact) mass is 260 g/mol. The summed E-state index contributed by atoms with van der Waals surface area (Å²) >= 11 is 0. The summed E-state index contributed by atoms with van der Waals surface area (Å²) in [7, 11) is 1.91. The Bertz CT molecular complexity index is 631. The van der Waals surface area contributed by atoms with E-state index in [-0.39, 0.29) is 12.3 Å². The number of hydrogen-bond donors (Lipinski definition) is 2. The van der Waals surface area contributed by atoms with E-state index in [0.29, 0.717) is 5.56 Å². The Morgan fingerprint density at radius 2 is 2.11 bits per heavy atom. The second kappa shape index (κ2) is 5.14. The molecule has 1 unspecified atom stereocenters. The van der Waals surface area contributed by atoms with E-state index < -0.39 is 12.0 Å². The van der Waals surface area contributed by atoms with Crippen LogP contribution in [-0.4, -0.2) is 27.6 Å². The SMILES string of the molecule is CC(CC(=O)O)NC(=O)c1ccc2ccn(C)c2c1. The van der Waals surface area contributed by atoms with Crippen molar-refractivity contribution in [3.8, 4) is 0 Å². The van der Waals surface area contributed by atoms with Crippen LogP contribution in [0.15, 0.2) is 30.5 Å². The largest absolute Gasteiger partial charge is 0.481 e. The molecule has 19 heavy (non-hydrogen) atoms. The van der Waals surface area contributed by atoms with Gasteiger partial charge in [0.15, 0.2) is 0 Å². The van der Waals surface area contributed by atoms with Crippen molar-refractivity contribution in [2.45, 2.75) is 19.4 Å². The van der Waals surface area contributed by atoms with Gasteiger partial charge in [0.25, 0.3) is 5.91 Å². The second-order valence-electron chi connectivity index (χ2n) is 4.67. The molecule has 0 saturated carbocycles. The van der Waals surface area contributed by atoms with Crippen LogP contribution in [0.25, 0.3) is 10.9 Å². The van der Waals surface area contributed by atoms with Gasteiger partial charge in [-0.3, -0.25) is 9.59 Å². The lowest BCUT2D eigenvalue weighted by molar-refractivity contribution is -0.137. The first kappa shape index (κ1) is 13.1. The van der Waals surface area contributed by atoms with E-state index in [0.717, 1.165) is 10.9 Å². The maximum atomic E-state index is 12.0. The van der Waals surface area contributed by atoms with Crippen LogP contribution in [0.5, 0.6) is 0 Å². The average molecular weight is 260 g/mol. The molecule has 2 N–H and O–H groups in total. The van der Waals surface area contributed by atoms with Gasteiger partial charge in [-0.1, -0.05) is 6.07 Å². The Morgan fingerprint density at radius 3 is 2.79 bits per heavy atom. The van der Waals surface area contributed by atoms with Crippen LogP contribution < -0.4 is 5.32 Å². The molecule has 1 heterocycles. The predicted octanol–water partition coefficient (Wildman–Crippen LogP) is 1.77. The summed E-state index contributed by atoms with van der Waals surface area (Å²) in [5.74, 6) is -1.18. The van der Waals surface area contributed by atoms with Crippen LogP contribution in [0.1, 0.15) is 23.7 Å². The van der Waals surface area contributed by atoms with Crippen LogP contribution >= 0.6 is 0 Å². The highest BCUT2D eigenvalue weighted by molar-refractivity contribution is 5.98. The molecule has 0 aliphatic rings. The number of carboxylic acids is 1. The summed E-state index contributed by atoms with van der Waals surface area (Å²) < 4.78 is 1.94. The van der Waals surface area contributed by atoms with E-state index in [1.54, 1.807) is 19.1 Å². The van der Waals surface area contributed by atoms with Gasteiger partial charge in [0.1, 0.15) is 0 Å². The number of carbonyl (C=O) groups excluding carboxylic acids is 1. The lowest BCUT2D eigenvalue weighted by Crippen LogP contribution is -2.34. The number of rotatable bonds is 4. The molecule has 1 atom stereocenters. The number of fused-ring (bicyclic) bond motifs is 1. The van der Waals surface area contributed by atoms with E-state index in [9.17, 15) is 9.59 Å². The molecule has 1 aromatic heterocycles. The zero-order valence-electron chi connectivity index (χ0n) is 10.9. The third-order valence-corrected chi connectivity index (χ3v) is 3.01. The maximum absolute atomic E-state index is 12.0. The zero-order chi connectivity index (χ0) is 14.0. The summed E-state index contributed by atoms with van der Waals surface area (Å²) in [5, 5.41) is 12.4. The minimum Gasteiger partial charge on any atom is -0.481 e. The van der Waals surface area contributed by atoms with Crippen LogP contribution in [0, 0.1) is 0 Å². The quantitative estimate of drug-likeness (QED) is 0.880. The van der Waals surface area contributed by atoms with Crippen LogP contribution in [0.3, 0.4) is 0 Å². The van der Waals surface area contributed by atoms with Gasteiger partial charge in [0.2, 0.25) is 0 Å². The number of hydrogen-bond acceptors (Lipinski definition) is 2. The molecule has 2 aromatic rings. The Labute approximate surface area is 110 Å². The van der Waals surface area contributed by atoms with Crippen molar-refractivity contribution >= 4 is 22.8 Å². The first-order valence-corrected chi connectivity index (χ1v) is 6.05. The number of aromatic nitrogens is 1. The van der Waals surface area contributed by atoms with Gasteiger partial charge in [-0.2, -0.15) is 0 Å². The number of benzene rings is 1. The van der Waals surface area contributed by atoms with E-state index in [1.807, 2.05) is 29.9 Å². The Hall–Kier alpha value is -2.30. The first-order valence-electron chi connectivity index (χ1n) is 6.05. The minimum absolute atomic E-state index is 0.0852. The van der Waals surface area contributed by atoms with Gasteiger partial charge in [-0.05, 0) is 30.5 Å². The molecule has 0 saturated heterocycles. The van der Waals surface area contributed by atoms with E-state index in [2.05, 4.69) is 5.32 Å². The van der Waals surface area contributed by atoms with Gasteiger partial charge in [0, 0.05) is 30.4 Å². The number of carbonyl (C=O) groups is 2. The Morgan fingerprint density at radius 1 is 1.37 bits per heavy atom. The van der Waals surface area contributed by atoms with Gasteiger partial charge >= 0.3 is 5.97 Å². The molecule has 5 nitrogen and oxygen atoms in total.